The Morgan fingerprint density at radius 1 is 1.15 bits per heavy atom. The molecule has 0 radical (unpaired) electrons. The molecule has 1 amide bonds. The van der Waals surface area contributed by atoms with Gasteiger partial charge in [0.2, 0.25) is 10.0 Å². The molecule has 4 rings (SSSR count). The van der Waals surface area contributed by atoms with Gasteiger partial charge in [-0.15, -0.1) is 6.58 Å². The molecule has 1 fully saturated rings. The molecule has 3 aromatic rings. The van der Waals surface area contributed by atoms with Crippen molar-refractivity contribution in [2.45, 2.75) is 45.6 Å². The van der Waals surface area contributed by atoms with E-state index in [2.05, 4.69) is 44.5 Å². The Balaban J connectivity index is 1.66. The van der Waals surface area contributed by atoms with Gasteiger partial charge in [-0.2, -0.15) is 9.30 Å². The van der Waals surface area contributed by atoms with E-state index in [1.54, 1.807) is 22.5 Å². The van der Waals surface area contributed by atoms with Crippen LogP contribution in [0.1, 0.15) is 41.8 Å². The zero-order valence-electron chi connectivity index (χ0n) is 20.1. The van der Waals surface area contributed by atoms with Gasteiger partial charge in [0.25, 0.3) is 5.91 Å². The molecule has 0 aliphatic carbocycles. The summed E-state index contributed by atoms with van der Waals surface area (Å²) in [5.41, 5.74) is 3.67. The van der Waals surface area contributed by atoms with Crippen molar-refractivity contribution in [1.29, 1.82) is 0 Å². The number of allylic oxidation sites excluding steroid dienone is 1. The summed E-state index contributed by atoms with van der Waals surface area (Å²) >= 11 is 1.47. The van der Waals surface area contributed by atoms with Gasteiger partial charge < -0.3 is 4.57 Å². The second-order valence-corrected chi connectivity index (χ2v) is 12.3. The van der Waals surface area contributed by atoms with Crippen molar-refractivity contribution in [3.63, 3.8) is 0 Å². The van der Waals surface area contributed by atoms with E-state index in [9.17, 15) is 13.2 Å². The first kappa shape index (κ1) is 24.6. The highest BCUT2D eigenvalue weighted by Crippen LogP contribution is 2.27. The van der Waals surface area contributed by atoms with Crippen LogP contribution in [0.4, 0.5) is 0 Å². The summed E-state index contributed by atoms with van der Waals surface area (Å²) in [4.78, 5) is 18.2. The van der Waals surface area contributed by atoms with Crippen molar-refractivity contribution >= 4 is 37.5 Å². The molecular formula is C26H31N3O3S2. The van der Waals surface area contributed by atoms with Crippen molar-refractivity contribution in [2.75, 3.05) is 13.1 Å². The number of hydrogen-bond donors (Lipinski definition) is 0. The van der Waals surface area contributed by atoms with Crippen LogP contribution in [0.25, 0.3) is 10.2 Å². The van der Waals surface area contributed by atoms with Gasteiger partial charge in [-0.25, -0.2) is 8.42 Å². The van der Waals surface area contributed by atoms with E-state index in [1.165, 1.54) is 23.5 Å². The predicted molar refractivity (Wildman–Crippen MR) is 138 cm³/mol. The largest absolute Gasteiger partial charge is 0.312 e. The summed E-state index contributed by atoms with van der Waals surface area (Å²) < 4.78 is 30.9. The molecule has 6 nitrogen and oxygen atoms in total. The Morgan fingerprint density at radius 3 is 2.41 bits per heavy atom. The Labute approximate surface area is 205 Å². The van der Waals surface area contributed by atoms with Crippen LogP contribution in [0.2, 0.25) is 0 Å². The number of aryl methyl sites for hydroxylation is 2. The Morgan fingerprint density at radius 2 is 1.79 bits per heavy atom. The molecule has 2 heterocycles. The number of thiazole rings is 1. The lowest BCUT2D eigenvalue weighted by Gasteiger charge is -2.34. The van der Waals surface area contributed by atoms with E-state index in [1.807, 2.05) is 11.5 Å². The number of hydrogen-bond acceptors (Lipinski definition) is 4. The van der Waals surface area contributed by atoms with Gasteiger partial charge in [-0.1, -0.05) is 37.3 Å². The van der Waals surface area contributed by atoms with E-state index in [0.29, 0.717) is 41.8 Å². The lowest BCUT2D eigenvalue weighted by atomic mass is 9.94. The van der Waals surface area contributed by atoms with Crippen molar-refractivity contribution in [3.8, 4) is 0 Å². The topological polar surface area (TPSA) is 71.7 Å². The number of carbonyl (C=O) groups is 1. The van der Waals surface area contributed by atoms with Crippen LogP contribution in [0, 0.1) is 25.7 Å². The molecule has 0 spiro atoms. The molecule has 0 N–H and O–H groups in total. The summed E-state index contributed by atoms with van der Waals surface area (Å²) in [6.45, 7) is 13.7. The van der Waals surface area contributed by atoms with Gasteiger partial charge in [0.05, 0.1) is 15.1 Å². The van der Waals surface area contributed by atoms with Crippen LogP contribution < -0.4 is 4.80 Å². The fraction of sp³-hybridized carbons (Fsp3) is 0.385. The first-order valence-electron chi connectivity index (χ1n) is 11.5. The van der Waals surface area contributed by atoms with Gasteiger partial charge in [0.15, 0.2) is 4.80 Å². The van der Waals surface area contributed by atoms with Crippen LogP contribution in [-0.2, 0) is 16.6 Å². The molecular weight excluding hydrogens is 466 g/mol. The monoisotopic (exact) mass is 497 g/mol. The number of sulfonamides is 1. The summed E-state index contributed by atoms with van der Waals surface area (Å²) in [5, 5.41) is 0. The van der Waals surface area contributed by atoms with Crippen LogP contribution >= 0.6 is 11.3 Å². The SMILES string of the molecule is C=CCn1c(=NC(=O)c2ccc(S(=O)(=O)N3CC(C)CC(C)C3)cc2)sc2c(C)cc(C)cc21. The maximum Gasteiger partial charge on any atom is 0.279 e. The number of fused-ring (bicyclic) bond motifs is 1. The third-order valence-electron chi connectivity index (χ3n) is 6.20. The number of carbonyl (C=O) groups excluding carboxylic acids is 1. The molecule has 1 aromatic heterocycles. The number of piperidine rings is 1. The summed E-state index contributed by atoms with van der Waals surface area (Å²) in [5.74, 6) is 0.256. The van der Waals surface area contributed by atoms with Crippen LogP contribution in [-0.4, -0.2) is 36.3 Å². The fourth-order valence-corrected chi connectivity index (χ4v) is 7.54. The average molecular weight is 498 g/mol. The lowest BCUT2D eigenvalue weighted by Crippen LogP contribution is -2.42. The van der Waals surface area contributed by atoms with Crippen molar-refractivity contribution < 1.29 is 13.2 Å². The minimum Gasteiger partial charge on any atom is -0.312 e. The zero-order chi connectivity index (χ0) is 24.6. The van der Waals surface area contributed by atoms with Crippen LogP contribution in [0.5, 0.6) is 0 Å². The first-order valence-corrected chi connectivity index (χ1v) is 13.8. The molecule has 2 aromatic carbocycles. The molecule has 1 aliphatic rings. The molecule has 2 unspecified atom stereocenters. The highest BCUT2D eigenvalue weighted by atomic mass is 32.2. The first-order chi connectivity index (χ1) is 16.1. The molecule has 8 heteroatoms. The van der Waals surface area contributed by atoms with Gasteiger partial charge in [0.1, 0.15) is 0 Å². The number of aromatic nitrogens is 1. The Hall–Kier alpha value is -2.55. The van der Waals surface area contributed by atoms with Gasteiger partial charge in [-0.05, 0) is 73.6 Å². The second kappa shape index (κ2) is 9.60. The third-order valence-corrected chi connectivity index (χ3v) is 9.27. The van der Waals surface area contributed by atoms with E-state index in [-0.39, 0.29) is 4.90 Å². The van der Waals surface area contributed by atoms with Crippen molar-refractivity contribution in [1.82, 2.24) is 8.87 Å². The molecule has 1 saturated heterocycles. The summed E-state index contributed by atoms with van der Waals surface area (Å²) in [6.07, 6.45) is 2.82. The smallest absolute Gasteiger partial charge is 0.279 e. The number of benzene rings is 2. The molecule has 1 aliphatic heterocycles. The molecule has 0 bridgehead atoms. The van der Waals surface area contributed by atoms with E-state index in [4.69, 9.17) is 0 Å². The quantitative estimate of drug-likeness (QED) is 0.470. The maximum atomic E-state index is 13.1. The normalized spacial score (nSPS) is 20.1. The van der Waals surface area contributed by atoms with E-state index in [0.717, 1.165) is 27.8 Å². The maximum absolute atomic E-state index is 13.1. The molecule has 2 atom stereocenters. The van der Waals surface area contributed by atoms with Gasteiger partial charge in [-0.3, -0.25) is 4.79 Å². The zero-order valence-corrected chi connectivity index (χ0v) is 21.7. The lowest BCUT2D eigenvalue weighted by molar-refractivity contribution is 0.0997. The third kappa shape index (κ3) is 4.80. The van der Waals surface area contributed by atoms with E-state index < -0.39 is 15.9 Å². The minimum absolute atomic E-state index is 0.208. The summed E-state index contributed by atoms with van der Waals surface area (Å²) in [7, 11) is -3.59. The highest BCUT2D eigenvalue weighted by Gasteiger charge is 2.31. The number of rotatable bonds is 5. The Bertz CT molecular complexity index is 1410. The standard InChI is InChI=1S/C26H31N3O3S2/c1-6-11-29-23-14-17(2)13-20(5)24(23)33-26(29)27-25(30)21-7-9-22(10-8-21)34(31,32)28-15-18(3)12-19(4)16-28/h6-10,13-14,18-19H,1,11-12,15-16H2,2-5H3. The van der Waals surface area contributed by atoms with Gasteiger partial charge in [0, 0.05) is 25.2 Å². The van der Waals surface area contributed by atoms with Crippen molar-refractivity contribution in [2.24, 2.45) is 16.8 Å². The minimum atomic E-state index is -3.59. The Kier molecular flexibility index (Phi) is 6.94. The molecule has 34 heavy (non-hydrogen) atoms. The fourth-order valence-electron chi connectivity index (χ4n) is 4.78. The van der Waals surface area contributed by atoms with Crippen molar-refractivity contribution in [3.05, 3.63) is 70.5 Å². The predicted octanol–water partition coefficient (Wildman–Crippen LogP) is 4.91. The number of nitrogens with zero attached hydrogens (tertiary/aromatic N) is 3. The highest BCUT2D eigenvalue weighted by molar-refractivity contribution is 7.89. The van der Waals surface area contributed by atoms with Crippen LogP contribution in [0.15, 0.2) is 58.9 Å². The van der Waals surface area contributed by atoms with Gasteiger partial charge >= 0.3 is 0 Å². The average Bonchev–Trinajstić information content (AvgIpc) is 3.11. The van der Waals surface area contributed by atoms with Crippen LogP contribution in [0.3, 0.4) is 0 Å². The molecule has 180 valence electrons. The number of amides is 1. The second-order valence-electron chi connectivity index (χ2n) is 9.42. The summed E-state index contributed by atoms with van der Waals surface area (Å²) in [6, 6.07) is 10.3. The molecule has 0 saturated carbocycles. The van der Waals surface area contributed by atoms with E-state index >= 15 is 0 Å².